The maximum Gasteiger partial charge on any atom is 0.313 e. The molecule has 2 fully saturated rings. The van der Waals surface area contributed by atoms with Crippen molar-refractivity contribution in [2.75, 3.05) is 54.8 Å². The van der Waals surface area contributed by atoms with Crippen molar-refractivity contribution in [1.82, 2.24) is 19.8 Å². The monoisotopic (exact) mass is 870 g/mol. The van der Waals surface area contributed by atoms with Crippen LogP contribution in [0.4, 0.5) is 23.0 Å². The molecule has 2 aliphatic heterocycles. The number of carbonyl (C=O) groups excluding carboxylic acids is 4. The van der Waals surface area contributed by atoms with Crippen molar-refractivity contribution < 1.29 is 24.1 Å². The highest BCUT2D eigenvalue weighted by atomic mass is 35.5. The third-order valence-corrected chi connectivity index (χ3v) is 10.8. The topological polar surface area (TPSA) is 176 Å². The van der Waals surface area contributed by atoms with Crippen molar-refractivity contribution in [2.24, 2.45) is 0 Å². The van der Waals surface area contributed by atoms with Gasteiger partial charge in [0.15, 0.2) is 5.82 Å². The smallest absolute Gasteiger partial charge is 0.313 e. The Labute approximate surface area is 355 Å². The summed E-state index contributed by atoms with van der Waals surface area (Å²) in [6.07, 6.45) is 3.36. The van der Waals surface area contributed by atoms with Gasteiger partial charge in [-0.2, -0.15) is 0 Å². The fraction of sp³-hybridized carbons (Fsp3) is 0.350. The quantitative estimate of drug-likeness (QED) is 0.0885. The van der Waals surface area contributed by atoms with Crippen molar-refractivity contribution in [1.29, 1.82) is 0 Å². The zero-order valence-electron chi connectivity index (χ0n) is 31.8. The highest BCUT2D eigenvalue weighted by Gasteiger charge is 2.36. The van der Waals surface area contributed by atoms with Gasteiger partial charge in [-0.1, -0.05) is 84.5 Å². The van der Waals surface area contributed by atoms with Crippen molar-refractivity contribution in [3.63, 3.8) is 0 Å². The number of anilines is 3. The van der Waals surface area contributed by atoms with Crippen LogP contribution in [0.1, 0.15) is 62.7 Å². The lowest BCUT2D eigenvalue weighted by Gasteiger charge is -2.42. The first-order valence-corrected chi connectivity index (χ1v) is 20.0. The molecule has 306 valence electrons. The van der Waals surface area contributed by atoms with Crippen LogP contribution in [0.2, 0.25) is 20.1 Å². The Bertz CT molecular complexity index is 2140. The van der Waals surface area contributed by atoms with E-state index in [0.717, 1.165) is 11.1 Å². The summed E-state index contributed by atoms with van der Waals surface area (Å²) in [4.78, 5) is 75.5. The van der Waals surface area contributed by atoms with Crippen molar-refractivity contribution in [3.05, 3.63) is 114 Å². The molecule has 2 saturated heterocycles. The lowest BCUT2D eigenvalue weighted by molar-refractivity contribution is -0.384. The van der Waals surface area contributed by atoms with Gasteiger partial charge in [-0.15, -0.1) is 0 Å². The molecule has 2 unspecified atom stereocenters. The number of benzene rings is 2. The highest BCUT2D eigenvalue weighted by molar-refractivity contribution is 6.31. The predicted molar refractivity (Wildman–Crippen MR) is 226 cm³/mol. The molecule has 0 saturated carbocycles. The van der Waals surface area contributed by atoms with E-state index in [1.807, 2.05) is 36.4 Å². The van der Waals surface area contributed by atoms with Gasteiger partial charge in [-0.05, 0) is 41.5 Å². The van der Waals surface area contributed by atoms with Crippen LogP contribution in [0.15, 0.2) is 73.1 Å². The van der Waals surface area contributed by atoms with E-state index in [0.29, 0.717) is 72.1 Å². The molecule has 2 aromatic heterocycles. The molecule has 4 heterocycles. The summed E-state index contributed by atoms with van der Waals surface area (Å²) in [6, 6.07) is 16.9. The molecule has 58 heavy (non-hydrogen) atoms. The number of nitrogen functional groups attached to an aromatic ring is 1. The number of pyridine rings is 2. The number of aromatic nitrogens is 2. The van der Waals surface area contributed by atoms with Crippen molar-refractivity contribution in [3.8, 4) is 0 Å². The van der Waals surface area contributed by atoms with Gasteiger partial charge in [0.25, 0.3) is 0 Å². The fourth-order valence-electron chi connectivity index (χ4n) is 6.74. The van der Waals surface area contributed by atoms with Crippen LogP contribution in [0.5, 0.6) is 0 Å². The maximum absolute atomic E-state index is 12.6. The van der Waals surface area contributed by atoms with E-state index in [2.05, 4.69) is 14.9 Å². The molecule has 0 aliphatic carbocycles. The number of piperazine rings is 2. The van der Waals surface area contributed by atoms with Gasteiger partial charge in [0, 0.05) is 80.6 Å². The first-order chi connectivity index (χ1) is 27.7. The number of rotatable bonds is 11. The van der Waals surface area contributed by atoms with Crippen molar-refractivity contribution >= 4 is 92.8 Å². The largest absolute Gasteiger partial charge is 0.396 e. The number of halogens is 4. The van der Waals surface area contributed by atoms with Gasteiger partial charge < -0.3 is 25.3 Å². The van der Waals surface area contributed by atoms with E-state index >= 15 is 0 Å². The molecular weight excluding hydrogens is 830 g/mol. The third kappa shape index (κ3) is 11.1. The first kappa shape index (κ1) is 44.1. The molecule has 4 aromatic rings. The summed E-state index contributed by atoms with van der Waals surface area (Å²) >= 11 is 24.0. The molecule has 2 aliphatic rings. The summed E-state index contributed by atoms with van der Waals surface area (Å²) in [6.45, 7) is 5.84. The molecule has 14 nitrogen and oxygen atoms in total. The molecule has 2 atom stereocenters. The average molecular weight is 873 g/mol. The molecule has 18 heteroatoms. The van der Waals surface area contributed by atoms with Crippen LogP contribution >= 0.6 is 46.4 Å². The second kappa shape index (κ2) is 20.1. The van der Waals surface area contributed by atoms with Gasteiger partial charge in [-0.25, -0.2) is 9.97 Å². The zero-order chi connectivity index (χ0) is 42.1. The number of hydrogen-bond donors (Lipinski definition) is 1. The zero-order valence-corrected chi connectivity index (χ0v) is 34.8. The Morgan fingerprint density at radius 1 is 0.672 bits per heavy atom. The molecule has 0 radical (unpaired) electrons. The Hall–Kier alpha value is -5.02. The average Bonchev–Trinajstić information content (AvgIpc) is 3.21. The number of nitro groups is 1. The maximum atomic E-state index is 12.6. The number of ketones is 2. The summed E-state index contributed by atoms with van der Waals surface area (Å²) in [5.41, 5.74) is 8.24. The minimum atomic E-state index is -0.523. The molecule has 2 aromatic carbocycles. The first-order valence-electron chi connectivity index (χ1n) is 18.5. The van der Waals surface area contributed by atoms with E-state index in [1.165, 1.54) is 12.3 Å². The van der Waals surface area contributed by atoms with Crippen molar-refractivity contribution in [2.45, 2.75) is 51.6 Å². The van der Waals surface area contributed by atoms with Gasteiger partial charge in [0.05, 0.1) is 45.6 Å². The van der Waals surface area contributed by atoms with Crippen LogP contribution in [0, 0.1) is 10.1 Å². The predicted octanol–water partition coefficient (Wildman–Crippen LogP) is 7.79. The lowest BCUT2D eigenvalue weighted by Crippen LogP contribution is -2.51. The molecular formula is C40H42Cl4N8O6. The van der Waals surface area contributed by atoms with E-state index in [9.17, 15) is 29.3 Å². The molecule has 6 rings (SSSR count). The third-order valence-electron chi connectivity index (χ3n) is 9.88. The van der Waals surface area contributed by atoms with Gasteiger partial charge in [-0.3, -0.25) is 29.3 Å². The number of Topliss-reactive ketones (excluding diaryl/α,β-unsaturated/α-hetero) is 2. The lowest BCUT2D eigenvalue weighted by atomic mass is 10.0. The molecule has 0 spiro atoms. The molecule has 2 N–H and O–H groups in total. The Morgan fingerprint density at radius 2 is 1.09 bits per heavy atom. The number of hydrogen-bond acceptors (Lipinski definition) is 11. The Balaban J connectivity index is 0.000000221. The van der Waals surface area contributed by atoms with E-state index < -0.39 is 11.0 Å². The van der Waals surface area contributed by atoms with E-state index in [-0.39, 0.29) is 65.3 Å². The van der Waals surface area contributed by atoms with Gasteiger partial charge >= 0.3 is 5.69 Å². The number of nitrogens with two attached hydrogens (primary N) is 1. The summed E-state index contributed by atoms with van der Waals surface area (Å²) in [5.74, 6) is 0.225. The number of carbonyl (C=O) groups is 4. The second-order valence-electron chi connectivity index (χ2n) is 13.7. The molecule has 0 bridgehead atoms. The van der Waals surface area contributed by atoms with Crippen LogP contribution in [0.25, 0.3) is 0 Å². The molecule has 2 amide bonds. The highest BCUT2D eigenvalue weighted by Crippen LogP contribution is 2.37. The van der Waals surface area contributed by atoms with E-state index in [1.54, 1.807) is 52.9 Å². The number of nitrogens with zero attached hydrogens (tertiary/aromatic N) is 7. The van der Waals surface area contributed by atoms with Crippen LogP contribution in [-0.2, 0) is 19.2 Å². The number of amides is 2. The summed E-state index contributed by atoms with van der Waals surface area (Å²) < 4.78 is 0. The standard InChI is InChI=1S/C20H20Cl2N4O4.C20H22Cl2N4O2/c1-2-16(27)10-19(28)24-7-8-25(18(12-24)13-3-5-14(21)6-4-13)20-17(26(29)30)9-15(22)11-23-20;1-2-16(27)10-19(28)25-7-8-26(20-17(23)9-15(22)11-24-20)18(12-25)13-3-5-14(21)6-4-13/h3-6,9,11,18H,2,7-8,10,12H2,1H3;3-6,9,11,18H,2,7-8,10,12,23H2,1H3. The normalized spacial score (nSPS) is 16.7. The minimum absolute atomic E-state index is 0.0564. The van der Waals surface area contributed by atoms with Gasteiger partial charge in [0.2, 0.25) is 17.6 Å². The SMILES string of the molecule is CCC(=O)CC(=O)N1CCN(c2ncc(Cl)cc2N)C(c2ccc(Cl)cc2)C1.CCC(=O)CC(=O)N1CCN(c2ncc(Cl)cc2[N+](=O)[O-])C(c2ccc(Cl)cc2)C1. The van der Waals surface area contributed by atoms with Crippen LogP contribution < -0.4 is 15.5 Å². The summed E-state index contributed by atoms with van der Waals surface area (Å²) in [5, 5.41) is 13.4. The van der Waals surface area contributed by atoms with E-state index in [4.69, 9.17) is 52.1 Å². The minimum Gasteiger partial charge on any atom is -0.396 e. The Kier molecular flexibility index (Phi) is 15.3. The van der Waals surface area contributed by atoms with Crippen LogP contribution in [0.3, 0.4) is 0 Å². The van der Waals surface area contributed by atoms with Gasteiger partial charge in [0.1, 0.15) is 11.6 Å². The second-order valence-corrected chi connectivity index (χ2v) is 15.4. The Morgan fingerprint density at radius 3 is 1.50 bits per heavy atom. The summed E-state index contributed by atoms with van der Waals surface area (Å²) in [7, 11) is 0. The fourth-order valence-corrected chi connectivity index (χ4v) is 7.31. The van der Waals surface area contributed by atoms with Crippen LogP contribution in [-0.4, -0.2) is 87.3 Å².